The highest BCUT2D eigenvalue weighted by Crippen LogP contribution is 2.42. The van der Waals surface area contributed by atoms with Gasteiger partial charge in [-0.05, 0) is 18.8 Å². The molecule has 1 heterocycles. The first-order valence-electron chi connectivity index (χ1n) is 7.04. The summed E-state index contributed by atoms with van der Waals surface area (Å²) in [6, 6.07) is 0. The molecule has 0 spiro atoms. The maximum Gasteiger partial charge on any atom is 0.265 e. The van der Waals surface area contributed by atoms with Gasteiger partial charge in [-0.1, -0.05) is 0 Å². The smallest absolute Gasteiger partial charge is 0.265 e. The van der Waals surface area contributed by atoms with Crippen LogP contribution in [-0.4, -0.2) is 51.8 Å². The van der Waals surface area contributed by atoms with E-state index in [1.165, 1.54) is 29.1 Å². The molecule has 7 heteroatoms. The van der Waals surface area contributed by atoms with Gasteiger partial charge in [0.15, 0.2) is 5.75 Å². The molecule has 0 bridgehead atoms. The number of hydrogen-bond acceptors (Lipinski definition) is 6. The molecule has 0 radical (unpaired) electrons. The van der Waals surface area contributed by atoms with Crippen LogP contribution in [0.15, 0.2) is 0 Å². The standard InChI is InChI=1S/C14H23N3O3S/c1-17(2)14(18)12-10(15)11(19-3)13(21-12)16-6-7-20-8-9-4-5-9/h9,16H,4-8,15H2,1-3H3. The fourth-order valence-electron chi connectivity index (χ4n) is 1.88. The van der Waals surface area contributed by atoms with Gasteiger partial charge >= 0.3 is 0 Å². The van der Waals surface area contributed by atoms with Gasteiger partial charge in [0.1, 0.15) is 15.6 Å². The number of carbonyl (C=O) groups is 1. The maximum atomic E-state index is 12.1. The number of thiophene rings is 1. The van der Waals surface area contributed by atoms with Crippen LogP contribution < -0.4 is 15.8 Å². The lowest BCUT2D eigenvalue weighted by Crippen LogP contribution is -2.21. The first kappa shape index (κ1) is 15.9. The average Bonchev–Trinajstić information content (AvgIpc) is 3.21. The van der Waals surface area contributed by atoms with Crippen molar-refractivity contribution in [3.05, 3.63) is 4.88 Å². The van der Waals surface area contributed by atoms with E-state index in [4.69, 9.17) is 15.2 Å². The molecule has 0 aromatic carbocycles. The van der Waals surface area contributed by atoms with Crippen LogP contribution in [0.4, 0.5) is 10.7 Å². The van der Waals surface area contributed by atoms with Gasteiger partial charge in [-0.2, -0.15) is 0 Å². The monoisotopic (exact) mass is 313 g/mol. The van der Waals surface area contributed by atoms with Crippen molar-refractivity contribution in [2.45, 2.75) is 12.8 Å². The molecule has 1 aliphatic carbocycles. The second-order valence-corrected chi connectivity index (χ2v) is 6.37. The predicted molar refractivity (Wildman–Crippen MR) is 85.3 cm³/mol. The van der Waals surface area contributed by atoms with Crippen molar-refractivity contribution in [2.24, 2.45) is 5.92 Å². The summed E-state index contributed by atoms with van der Waals surface area (Å²) >= 11 is 1.32. The SMILES string of the molecule is COc1c(NCCOCC2CC2)sc(C(=O)N(C)C)c1N. The Balaban J connectivity index is 1.93. The van der Waals surface area contributed by atoms with Crippen LogP contribution >= 0.6 is 11.3 Å². The van der Waals surface area contributed by atoms with Crippen molar-refractivity contribution in [3.63, 3.8) is 0 Å². The minimum absolute atomic E-state index is 0.117. The Kier molecular flexibility index (Phi) is 5.30. The molecule has 1 aromatic rings. The number of ether oxygens (including phenoxy) is 2. The highest BCUT2D eigenvalue weighted by atomic mass is 32.1. The first-order valence-corrected chi connectivity index (χ1v) is 7.85. The summed E-state index contributed by atoms with van der Waals surface area (Å²) in [5.74, 6) is 1.18. The van der Waals surface area contributed by atoms with E-state index in [2.05, 4.69) is 5.32 Å². The molecule has 0 atom stereocenters. The fourth-order valence-corrected chi connectivity index (χ4v) is 3.02. The van der Waals surface area contributed by atoms with E-state index in [9.17, 15) is 4.79 Å². The molecule has 0 saturated heterocycles. The molecule has 118 valence electrons. The van der Waals surface area contributed by atoms with Crippen LogP contribution in [0.25, 0.3) is 0 Å². The van der Waals surface area contributed by atoms with Crippen LogP contribution in [0.3, 0.4) is 0 Å². The van der Waals surface area contributed by atoms with Crippen molar-refractivity contribution >= 4 is 27.9 Å². The summed E-state index contributed by atoms with van der Waals surface area (Å²) in [6.07, 6.45) is 2.58. The van der Waals surface area contributed by atoms with E-state index in [1.54, 1.807) is 21.2 Å². The third-order valence-corrected chi connectivity index (χ3v) is 4.42. The van der Waals surface area contributed by atoms with Crippen LogP contribution in [0, 0.1) is 5.92 Å². The molecule has 3 N–H and O–H groups in total. The minimum Gasteiger partial charge on any atom is -0.492 e. The van der Waals surface area contributed by atoms with E-state index in [0.717, 1.165) is 17.5 Å². The second kappa shape index (κ2) is 7.00. The molecular weight excluding hydrogens is 290 g/mol. The van der Waals surface area contributed by atoms with Crippen molar-refractivity contribution < 1.29 is 14.3 Å². The molecule has 0 aliphatic heterocycles. The zero-order chi connectivity index (χ0) is 15.4. The Bertz CT molecular complexity index is 498. The number of rotatable bonds is 8. The zero-order valence-electron chi connectivity index (χ0n) is 12.8. The van der Waals surface area contributed by atoms with Crippen LogP contribution in [0.2, 0.25) is 0 Å². The van der Waals surface area contributed by atoms with Gasteiger partial charge in [-0.25, -0.2) is 0 Å². The number of methoxy groups -OCH3 is 1. The van der Waals surface area contributed by atoms with Crippen molar-refractivity contribution in [3.8, 4) is 5.75 Å². The predicted octanol–water partition coefficient (Wildman–Crippen LogP) is 1.88. The van der Waals surface area contributed by atoms with Crippen molar-refractivity contribution in [1.82, 2.24) is 4.90 Å². The quantitative estimate of drug-likeness (QED) is 0.717. The lowest BCUT2D eigenvalue weighted by atomic mass is 10.3. The molecule has 1 saturated carbocycles. The van der Waals surface area contributed by atoms with Gasteiger partial charge in [0.05, 0.1) is 13.7 Å². The number of hydrogen-bond donors (Lipinski definition) is 2. The Morgan fingerprint density at radius 2 is 2.19 bits per heavy atom. The number of nitrogens with one attached hydrogen (secondary N) is 1. The van der Waals surface area contributed by atoms with E-state index >= 15 is 0 Å². The van der Waals surface area contributed by atoms with E-state index in [0.29, 0.717) is 29.5 Å². The van der Waals surface area contributed by atoms with Crippen molar-refractivity contribution in [2.75, 3.05) is 52.0 Å². The van der Waals surface area contributed by atoms with Crippen molar-refractivity contribution in [1.29, 1.82) is 0 Å². The van der Waals surface area contributed by atoms with Gasteiger partial charge in [0, 0.05) is 27.2 Å². The first-order chi connectivity index (χ1) is 10.0. The summed E-state index contributed by atoms with van der Waals surface area (Å²) in [5.41, 5.74) is 6.39. The zero-order valence-corrected chi connectivity index (χ0v) is 13.6. The molecular formula is C14H23N3O3S. The number of nitrogen functional groups attached to an aromatic ring is 1. The van der Waals surface area contributed by atoms with E-state index in [1.807, 2.05) is 0 Å². The third kappa shape index (κ3) is 4.01. The summed E-state index contributed by atoms with van der Waals surface area (Å²) in [5, 5.41) is 4.00. The number of anilines is 2. The lowest BCUT2D eigenvalue weighted by molar-refractivity contribution is 0.0833. The Morgan fingerprint density at radius 3 is 2.76 bits per heavy atom. The number of nitrogens with two attached hydrogens (primary N) is 1. The highest BCUT2D eigenvalue weighted by Gasteiger charge is 2.23. The molecule has 6 nitrogen and oxygen atoms in total. The fraction of sp³-hybridized carbons (Fsp3) is 0.643. The topological polar surface area (TPSA) is 76.8 Å². The van der Waals surface area contributed by atoms with Gasteiger partial charge in [0.2, 0.25) is 0 Å². The maximum absolute atomic E-state index is 12.1. The second-order valence-electron chi connectivity index (χ2n) is 5.35. The number of amides is 1. The highest BCUT2D eigenvalue weighted by molar-refractivity contribution is 7.19. The van der Waals surface area contributed by atoms with Crippen LogP contribution in [0.1, 0.15) is 22.5 Å². The third-order valence-electron chi connectivity index (χ3n) is 3.29. The molecule has 1 fully saturated rings. The summed E-state index contributed by atoms with van der Waals surface area (Å²) in [6.45, 7) is 2.14. The Labute approximate surface area is 129 Å². The molecule has 0 unspecified atom stereocenters. The van der Waals surface area contributed by atoms with E-state index in [-0.39, 0.29) is 5.91 Å². The van der Waals surface area contributed by atoms with Gasteiger partial charge in [0.25, 0.3) is 5.91 Å². The van der Waals surface area contributed by atoms with Gasteiger partial charge in [-0.3, -0.25) is 4.79 Å². The van der Waals surface area contributed by atoms with Gasteiger partial charge < -0.3 is 25.4 Å². The number of nitrogens with zero attached hydrogens (tertiary/aromatic N) is 1. The Morgan fingerprint density at radius 1 is 1.48 bits per heavy atom. The summed E-state index contributed by atoms with van der Waals surface area (Å²) < 4.78 is 10.9. The van der Waals surface area contributed by atoms with Crippen LogP contribution in [0.5, 0.6) is 5.75 Å². The summed E-state index contributed by atoms with van der Waals surface area (Å²) in [7, 11) is 4.96. The molecule has 21 heavy (non-hydrogen) atoms. The summed E-state index contributed by atoms with van der Waals surface area (Å²) in [4.78, 5) is 14.1. The van der Waals surface area contributed by atoms with Crippen LogP contribution in [-0.2, 0) is 4.74 Å². The minimum atomic E-state index is -0.117. The molecule has 1 aliphatic rings. The van der Waals surface area contributed by atoms with Gasteiger partial charge in [-0.15, -0.1) is 11.3 Å². The van der Waals surface area contributed by atoms with E-state index < -0.39 is 0 Å². The lowest BCUT2D eigenvalue weighted by Gasteiger charge is -2.08. The Hall–Kier alpha value is -1.47. The normalized spacial score (nSPS) is 14.0. The average molecular weight is 313 g/mol. The number of carbonyl (C=O) groups excluding carboxylic acids is 1. The molecule has 2 rings (SSSR count). The largest absolute Gasteiger partial charge is 0.492 e. The molecule has 1 aromatic heterocycles. The molecule has 1 amide bonds.